The van der Waals surface area contributed by atoms with Crippen LogP contribution in [-0.2, 0) is 14.9 Å². The first-order chi connectivity index (χ1) is 10.5. The van der Waals surface area contributed by atoms with Crippen LogP contribution in [0.4, 0.5) is 0 Å². The van der Waals surface area contributed by atoms with Gasteiger partial charge in [-0.2, -0.15) is 0 Å². The zero-order chi connectivity index (χ0) is 15.7. The van der Waals surface area contributed by atoms with Crippen molar-refractivity contribution in [1.82, 2.24) is 0 Å². The second-order valence-corrected chi connectivity index (χ2v) is 10.8. The van der Waals surface area contributed by atoms with E-state index in [1.807, 2.05) is 0 Å². The molecule has 1 aromatic rings. The fourth-order valence-corrected chi connectivity index (χ4v) is 7.85. The van der Waals surface area contributed by atoms with E-state index in [2.05, 4.69) is 37.3 Å². The molecule has 0 amide bonds. The maximum atomic E-state index is 6.51. The Hall–Kier alpha value is -0.426. The fourth-order valence-electron chi connectivity index (χ4n) is 4.60. The summed E-state index contributed by atoms with van der Waals surface area (Å²) in [5.74, 6) is 0. The van der Waals surface area contributed by atoms with Gasteiger partial charge in [-0.05, 0) is 44.1 Å². The summed E-state index contributed by atoms with van der Waals surface area (Å²) in [6.07, 6.45) is 7.40. The van der Waals surface area contributed by atoms with Crippen LogP contribution >= 0.6 is 0 Å². The number of hydrogen-bond acceptors (Lipinski definition) is 2. The maximum absolute atomic E-state index is 6.51. The topological polar surface area (TPSA) is 18.5 Å². The minimum atomic E-state index is -0.0133. The van der Waals surface area contributed by atoms with Crippen molar-refractivity contribution in [3.63, 3.8) is 0 Å². The molecule has 3 rings (SSSR count). The fraction of sp³-hybridized carbons (Fsp3) is 0.667. The van der Waals surface area contributed by atoms with Crippen LogP contribution in [0, 0.1) is 0 Å². The molecule has 2 saturated heterocycles. The van der Waals surface area contributed by atoms with Crippen molar-refractivity contribution in [2.45, 2.75) is 61.3 Å². The van der Waals surface area contributed by atoms with Crippen LogP contribution in [-0.4, -0.2) is 44.1 Å². The summed E-state index contributed by atoms with van der Waals surface area (Å²) >= 11 is 0. The van der Waals surface area contributed by atoms with Crippen LogP contribution in [0.15, 0.2) is 30.3 Å². The third-order valence-corrected chi connectivity index (χ3v) is 9.98. The standard InChI is InChI=1S/C18H30O2Si2/c1-16(15-9-3-2-4-10-15,17(21)11-5-7-13-19-17)18(22)12-6-8-14-20-18/h2-4,9-10H,5-8,11-14H2,1,21-22H3. The Labute approximate surface area is 140 Å². The first kappa shape index (κ1) is 16.4. The first-order valence-electron chi connectivity index (χ1n) is 8.85. The first-order valence-corrected chi connectivity index (χ1v) is 10.9. The lowest BCUT2D eigenvalue weighted by Crippen LogP contribution is -2.67. The Morgan fingerprint density at radius 1 is 0.864 bits per heavy atom. The Morgan fingerprint density at radius 2 is 1.36 bits per heavy atom. The van der Waals surface area contributed by atoms with Gasteiger partial charge in [0.1, 0.15) is 0 Å². The molecule has 0 aromatic heterocycles. The average molecular weight is 335 g/mol. The van der Waals surface area contributed by atoms with Crippen LogP contribution in [0.1, 0.15) is 51.0 Å². The number of ether oxygens (including phenoxy) is 2. The molecule has 22 heavy (non-hydrogen) atoms. The highest BCUT2D eigenvalue weighted by Gasteiger charge is 2.58. The quantitative estimate of drug-likeness (QED) is 0.780. The van der Waals surface area contributed by atoms with E-state index in [4.69, 9.17) is 9.47 Å². The van der Waals surface area contributed by atoms with E-state index in [0.717, 1.165) is 33.7 Å². The molecule has 0 bridgehead atoms. The lowest BCUT2D eigenvalue weighted by atomic mass is 9.67. The predicted molar refractivity (Wildman–Crippen MR) is 98.7 cm³/mol. The van der Waals surface area contributed by atoms with Gasteiger partial charge in [0.15, 0.2) is 0 Å². The molecule has 2 aliphatic rings. The van der Waals surface area contributed by atoms with Crippen LogP contribution in [0.25, 0.3) is 0 Å². The molecule has 2 nitrogen and oxygen atoms in total. The molecule has 0 saturated carbocycles. The lowest BCUT2D eigenvalue weighted by molar-refractivity contribution is -0.150. The second kappa shape index (κ2) is 6.23. The molecule has 2 heterocycles. The maximum Gasteiger partial charge on any atom is 0.0601 e. The third-order valence-electron chi connectivity index (χ3n) is 6.40. The van der Waals surface area contributed by atoms with E-state index in [9.17, 15) is 0 Å². The molecule has 122 valence electrons. The molecule has 2 atom stereocenters. The molecule has 0 radical (unpaired) electrons. The van der Waals surface area contributed by atoms with Crippen molar-refractivity contribution in [1.29, 1.82) is 0 Å². The van der Waals surface area contributed by atoms with Crippen LogP contribution in [0.3, 0.4) is 0 Å². The van der Waals surface area contributed by atoms with E-state index in [-0.39, 0.29) is 15.9 Å². The smallest absolute Gasteiger partial charge is 0.0601 e. The molecule has 0 spiro atoms. The lowest BCUT2D eigenvalue weighted by Gasteiger charge is -2.58. The Morgan fingerprint density at radius 3 is 1.77 bits per heavy atom. The van der Waals surface area contributed by atoms with Gasteiger partial charge in [-0.3, -0.25) is 0 Å². The van der Waals surface area contributed by atoms with Gasteiger partial charge in [-0.25, -0.2) is 0 Å². The SMILES string of the molecule is CC(c1ccccc1)(C1([SiH3])CCCCO1)C1([SiH3])CCCCO1. The largest absolute Gasteiger partial charge is 0.379 e. The monoisotopic (exact) mass is 334 g/mol. The van der Waals surface area contributed by atoms with Gasteiger partial charge in [0.05, 0.1) is 10.4 Å². The Balaban J connectivity index is 2.09. The van der Waals surface area contributed by atoms with Crippen molar-refractivity contribution in [3.05, 3.63) is 35.9 Å². The number of benzene rings is 1. The van der Waals surface area contributed by atoms with Crippen molar-refractivity contribution >= 4 is 20.5 Å². The van der Waals surface area contributed by atoms with Crippen molar-refractivity contribution in [2.75, 3.05) is 13.2 Å². The molecular formula is C18H30O2Si2. The van der Waals surface area contributed by atoms with Gasteiger partial charge in [0.25, 0.3) is 0 Å². The van der Waals surface area contributed by atoms with Gasteiger partial charge in [-0.1, -0.05) is 37.3 Å². The van der Waals surface area contributed by atoms with E-state index in [0.29, 0.717) is 0 Å². The summed E-state index contributed by atoms with van der Waals surface area (Å²) in [4.78, 5) is 0. The third kappa shape index (κ3) is 2.54. The van der Waals surface area contributed by atoms with Crippen molar-refractivity contribution in [3.8, 4) is 0 Å². The minimum absolute atomic E-state index is 0.00565. The summed E-state index contributed by atoms with van der Waals surface area (Å²) in [5.41, 5.74) is 1.41. The van der Waals surface area contributed by atoms with Crippen LogP contribution < -0.4 is 0 Å². The predicted octanol–water partition coefficient (Wildman–Crippen LogP) is 1.47. The zero-order valence-electron chi connectivity index (χ0n) is 14.4. The Bertz CT molecular complexity index is 467. The van der Waals surface area contributed by atoms with E-state index >= 15 is 0 Å². The van der Waals surface area contributed by atoms with Gasteiger partial charge in [0.2, 0.25) is 0 Å². The highest BCUT2D eigenvalue weighted by atomic mass is 28.2. The van der Waals surface area contributed by atoms with Gasteiger partial charge >= 0.3 is 0 Å². The number of hydrogen-bond donors (Lipinski definition) is 0. The van der Waals surface area contributed by atoms with Crippen LogP contribution in [0.5, 0.6) is 0 Å². The molecule has 2 fully saturated rings. The summed E-state index contributed by atoms with van der Waals surface area (Å²) < 4.78 is 13.0. The van der Waals surface area contributed by atoms with E-state index in [1.165, 1.54) is 44.1 Å². The normalized spacial score (nSPS) is 36.0. The van der Waals surface area contributed by atoms with Gasteiger partial charge < -0.3 is 9.47 Å². The van der Waals surface area contributed by atoms with Gasteiger partial charge in [0, 0.05) is 39.1 Å². The van der Waals surface area contributed by atoms with Crippen molar-refractivity contribution < 1.29 is 9.47 Å². The summed E-state index contributed by atoms with van der Waals surface area (Å²) in [7, 11) is 2.12. The molecule has 0 aliphatic carbocycles. The molecule has 2 unspecified atom stereocenters. The zero-order valence-corrected chi connectivity index (χ0v) is 18.4. The highest BCUT2D eigenvalue weighted by Crippen LogP contribution is 2.51. The molecule has 0 N–H and O–H groups in total. The highest BCUT2D eigenvalue weighted by molar-refractivity contribution is 6.20. The van der Waals surface area contributed by atoms with E-state index in [1.54, 1.807) is 0 Å². The summed E-state index contributed by atoms with van der Waals surface area (Å²) in [6, 6.07) is 11.1. The second-order valence-electron chi connectivity index (χ2n) is 7.56. The summed E-state index contributed by atoms with van der Waals surface area (Å²) in [6.45, 7) is 4.28. The molecule has 2 aliphatic heterocycles. The van der Waals surface area contributed by atoms with E-state index < -0.39 is 0 Å². The van der Waals surface area contributed by atoms with Crippen molar-refractivity contribution in [2.24, 2.45) is 0 Å². The van der Waals surface area contributed by atoms with Gasteiger partial charge in [-0.15, -0.1) is 0 Å². The average Bonchev–Trinajstić information content (AvgIpc) is 2.56. The number of rotatable bonds is 3. The molecular weight excluding hydrogens is 304 g/mol. The summed E-state index contributed by atoms with van der Waals surface area (Å²) in [5, 5.41) is 0.0113. The Kier molecular flexibility index (Phi) is 4.65. The molecule has 4 heteroatoms. The van der Waals surface area contributed by atoms with Crippen LogP contribution in [0.2, 0.25) is 0 Å². The molecule has 1 aromatic carbocycles. The minimum Gasteiger partial charge on any atom is -0.379 e.